The summed E-state index contributed by atoms with van der Waals surface area (Å²) in [7, 11) is 0. The van der Waals surface area contributed by atoms with Crippen molar-refractivity contribution in [1.29, 1.82) is 0 Å². The lowest BCUT2D eigenvalue weighted by molar-refractivity contribution is -0.530. The average Bonchev–Trinajstić information content (AvgIpc) is 2.50. The molecule has 1 fully saturated rings. The summed E-state index contributed by atoms with van der Waals surface area (Å²) in [6, 6.07) is 0. The van der Waals surface area contributed by atoms with Crippen molar-refractivity contribution in [3.8, 4) is 0 Å². The van der Waals surface area contributed by atoms with E-state index in [0.717, 1.165) is 0 Å². The van der Waals surface area contributed by atoms with Gasteiger partial charge in [-0.3, -0.25) is 0 Å². The van der Waals surface area contributed by atoms with E-state index in [4.69, 9.17) is 29.3 Å². The van der Waals surface area contributed by atoms with Crippen LogP contribution in [0.1, 0.15) is 61.8 Å². The molecule has 1 aliphatic rings. The maximum atomic E-state index is 5.30. The first-order valence-corrected chi connectivity index (χ1v) is 6.43. The van der Waals surface area contributed by atoms with E-state index in [1.54, 1.807) is 13.8 Å². The van der Waals surface area contributed by atoms with Crippen molar-refractivity contribution in [3.05, 3.63) is 0 Å². The Morgan fingerprint density at radius 1 is 0.737 bits per heavy atom. The lowest BCUT2D eigenvalue weighted by atomic mass is 10.1. The Labute approximate surface area is 115 Å². The van der Waals surface area contributed by atoms with E-state index in [2.05, 4.69) is 0 Å². The molecule has 2 unspecified atom stereocenters. The molecule has 6 nitrogen and oxygen atoms in total. The van der Waals surface area contributed by atoms with Gasteiger partial charge in [0.05, 0.1) is 17.6 Å². The monoisotopic (exact) mass is 278 g/mol. The third kappa shape index (κ3) is 6.16. The van der Waals surface area contributed by atoms with Gasteiger partial charge in [0.1, 0.15) is 0 Å². The van der Waals surface area contributed by atoms with E-state index in [1.807, 2.05) is 41.5 Å². The molecule has 1 heterocycles. The Balaban J connectivity index is 2.51. The molecule has 1 rings (SSSR count). The molecule has 1 saturated heterocycles. The predicted octanol–water partition coefficient (Wildman–Crippen LogP) is 3.26. The lowest BCUT2D eigenvalue weighted by Gasteiger charge is -2.27. The second kappa shape index (κ2) is 5.27. The maximum Gasteiger partial charge on any atom is 0.236 e. The molecule has 0 aromatic heterocycles. The van der Waals surface area contributed by atoms with E-state index in [1.165, 1.54) is 0 Å². The van der Waals surface area contributed by atoms with E-state index in [-0.39, 0.29) is 0 Å². The Kier molecular flexibility index (Phi) is 4.67. The van der Waals surface area contributed by atoms with Gasteiger partial charge >= 0.3 is 0 Å². The summed E-state index contributed by atoms with van der Waals surface area (Å²) in [6.45, 7) is 14.7. The molecule has 1 aliphatic heterocycles. The largest absolute Gasteiger partial charge is 0.236 e. The molecule has 0 saturated carbocycles. The Morgan fingerprint density at radius 3 is 1.32 bits per heavy atom. The molecule has 0 aliphatic carbocycles. The minimum absolute atomic E-state index is 0.312. The highest BCUT2D eigenvalue weighted by atomic mass is 17.4. The van der Waals surface area contributed by atoms with Gasteiger partial charge in [0, 0.05) is 0 Å². The smallest absolute Gasteiger partial charge is 0.228 e. The molecule has 0 bridgehead atoms. The van der Waals surface area contributed by atoms with Crippen LogP contribution in [-0.4, -0.2) is 22.8 Å². The molecule has 2 atom stereocenters. The van der Waals surface area contributed by atoms with Crippen LogP contribution in [0.25, 0.3) is 0 Å². The fourth-order valence-electron chi connectivity index (χ4n) is 1.33. The summed E-state index contributed by atoms with van der Waals surface area (Å²) < 4.78 is 0. The highest BCUT2D eigenvalue weighted by molar-refractivity contribution is 4.76. The Morgan fingerprint density at radius 2 is 1.05 bits per heavy atom. The summed E-state index contributed by atoms with van der Waals surface area (Å²) in [6.07, 6.45) is 0.312. The standard InChI is InChI=1S/C13H26O6/c1-10(2,3)14-16-12(7)9-13(8,19-18-12)17-15-11(4,5)6/h9H2,1-8H3. The Bertz CT molecular complexity index is 275. The predicted molar refractivity (Wildman–Crippen MR) is 67.4 cm³/mol. The average molecular weight is 278 g/mol. The van der Waals surface area contributed by atoms with Crippen molar-refractivity contribution in [2.45, 2.75) is 84.6 Å². The quantitative estimate of drug-likeness (QED) is 0.581. The highest BCUT2D eigenvalue weighted by Gasteiger charge is 2.51. The van der Waals surface area contributed by atoms with E-state index in [0.29, 0.717) is 6.42 Å². The molecule has 0 N–H and O–H groups in total. The van der Waals surface area contributed by atoms with Gasteiger partial charge in [-0.05, 0) is 55.4 Å². The molecule has 6 heteroatoms. The number of hydrogen-bond acceptors (Lipinski definition) is 6. The van der Waals surface area contributed by atoms with E-state index < -0.39 is 22.8 Å². The maximum absolute atomic E-state index is 5.30. The van der Waals surface area contributed by atoms with Crippen LogP contribution >= 0.6 is 0 Å². The summed E-state index contributed by atoms with van der Waals surface area (Å²) >= 11 is 0. The van der Waals surface area contributed by atoms with Crippen molar-refractivity contribution >= 4 is 0 Å². The molecule has 0 aromatic rings. The zero-order valence-electron chi connectivity index (χ0n) is 13.2. The molecule has 19 heavy (non-hydrogen) atoms. The first kappa shape index (κ1) is 16.8. The zero-order valence-corrected chi connectivity index (χ0v) is 13.2. The van der Waals surface area contributed by atoms with Crippen LogP contribution in [0.15, 0.2) is 0 Å². The lowest BCUT2D eigenvalue weighted by Crippen LogP contribution is -2.37. The van der Waals surface area contributed by atoms with Crippen LogP contribution in [-0.2, 0) is 29.3 Å². The normalized spacial score (nSPS) is 32.8. The summed E-state index contributed by atoms with van der Waals surface area (Å²) in [4.78, 5) is 31.4. The molecule has 114 valence electrons. The molecule has 0 spiro atoms. The van der Waals surface area contributed by atoms with E-state index >= 15 is 0 Å². The molecular formula is C13H26O6. The van der Waals surface area contributed by atoms with Gasteiger partial charge < -0.3 is 0 Å². The third-order valence-corrected chi connectivity index (χ3v) is 1.97. The van der Waals surface area contributed by atoms with Gasteiger partial charge in [0.25, 0.3) is 0 Å². The van der Waals surface area contributed by atoms with E-state index in [9.17, 15) is 0 Å². The molecule has 0 amide bonds. The fraction of sp³-hybridized carbons (Fsp3) is 1.00. The van der Waals surface area contributed by atoms with Gasteiger partial charge in [-0.1, -0.05) is 0 Å². The van der Waals surface area contributed by atoms with Crippen LogP contribution in [0.3, 0.4) is 0 Å². The van der Waals surface area contributed by atoms with Crippen molar-refractivity contribution < 1.29 is 29.3 Å². The zero-order chi connectivity index (χ0) is 14.9. The molecule has 0 aromatic carbocycles. The van der Waals surface area contributed by atoms with Gasteiger partial charge in [-0.25, -0.2) is 9.78 Å². The van der Waals surface area contributed by atoms with Crippen LogP contribution < -0.4 is 0 Å². The van der Waals surface area contributed by atoms with Crippen LogP contribution in [0.2, 0.25) is 0 Å². The van der Waals surface area contributed by atoms with Gasteiger partial charge in [0.15, 0.2) is 0 Å². The summed E-state index contributed by atoms with van der Waals surface area (Å²) in [5, 5.41) is 0. The highest BCUT2D eigenvalue weighted by Crippen LogP contribution is 2.39. The fourth-order valence-corrected chi connectivity index (χ4v) is 1.33. The summed E-state index contributed by atoms with van der Waals surface area (Å²) in [5.74, 6) is -2.08. The van der Waals surface area contributed by atoms with Crippen LogP contribution in [0, 0.1) is 0 Å². The Hall–Kier alpha value is -0.240. The summed E-state index contributed by atoms with van der Waals surface area (Å²) in [5.41, 5.74) is -0.873. The third-order valence-electron chi connectivity index (χ3n) is 1.97. The second-order valence-electron chi connectivity index (χ2n) is 7.17. The van der Waals surface area contributed by atoms with Crippen molar-refractivity contribution in [1.82, 2.24) is 0 Å². The van der Waals surface area contributed by atoms with Crippen LogP contribution in [0.5, 0.6) is 0 Å². The molecule has 0 radical (unpaired) electrons. The first-order valence-electron chi connectivity index (χ1n) is 6.43. The van der Waals surface area contributed by atoms with Crippen molar-refractivity contribution in [3.63, 3.8) is 0 Å². The number of hydrogen-bond donors (Lipinski definition) is 0. The van der Waals surface area contributed by atoms with Crippen molar-refractivity contribution in [2.75, 3.05) is 0 Å². The minimum atomic E-state index is -1.04. The van der Waals surface area contributed by atoms with Gasteiger partial charge in [0.2, 0.25) is 11.6 Å². The van der Waals surface area contributed by atoms with Crippen LogP contribution in [0.4, 0.5) is 0 Å². The second-order valence-corrected chi connectivity index (χ2v) is 7.17. The van der Waals surface area contributed by atoms with Crippen molar-refractivity contribution in [2.24, 2.45) is 0 Å². The topological polar surface area (TPSA) is 55.4 Å². The van der Waals surface area contributed by atoms with Gasteiger partial charge in [-0.15, -0.1) is 0 Å². The van der Waals surface area contributed by atoms with Gasteiger partial charge in [-0.2, -0.15) is 19.6 Å². The minimum Gasteiger partial charge on any atom is -0.228 e. The SMILES string of the molecule is CC(C)(C)OOC1(C)CC(C)(OOC(C)(C)C)OO1. The number of rotatable bonds is 4. The first-order chi connectivity index (χ1) is 8.33. The molecular weight excluding hydrogens is 252 g/mol.